The monoisotopic (exact) mass is 141 g/mol. The van der Waals surface area contributed by atoms with Crippen LogP contribution in [0.15, 0.2) is 0 Å². The topological polar surface area (TPSA) is 29.1 Å². The SMILES string of the molecule is CCC1(CC)NCCC1=O. The summed E-state index contributed by atoms with van der Waals surface area (Å²) in [6, 6.07) is 0. The Morgan fingerprint density at radius 1 is 1.50 bits per heavy atom. The number of rotatable bonds is 2. The molecule has 0 bridgehead atoms. The van der Waals surface area contributed by atoms with Crippen LogP contribution in [0.2, 0.25) is 0 Å². The van der Waals surface area contributed by atoms with Crippen molar-refractivity contribution in [3.05, 3.63) is 0 Å². The molecule has 1 rings (SSSR count). The van der Waals surface area contributed by atoms with Gasteiger partial charge in [-0.05, 0) is 12.8 Å². The average Bonchev–Trinajstić information content (AvgIpc) is 2.32. The molecule has 1 aliphatic heterocycles. The molecule has 58 valence electrons. The van der Waals surface area contributed by atoms with E-state index in [1.807, 2.05) is 0 Å². The lowest BCUT2D eigenvalue weighted by atomic mass is 9.90. The number of hydrogen-bond acceptors (Lipinski definition) is 2. The Morgan fingerprint density at radius 3 is 2.30 bits per heavy atom. The quantitative estimate of drug-likeness (QED) is 0.624. The lowest BCUT2D eigenvalue weighted by Crippen LogP contribution is -2.43. The van der Waals surface area contributed by atoms with Gasteiger partial charge in [0.2, 0.25) is 0 Å². The first-order chi connectivity index (χ1) is 4.75. The Bertz CT molecular complexity index is 138. The summed E-state index contributed by atoms with van der Waals surface area (Å²) in [6.07, 6.45) is 2.59. The van der Waals surface area contributed by atoms with Crippen molar-refractivity contribution in [1.29, 1.82) is 0 Å². The van der Waals surface area contributed by atoms with Crippen molar-refractivity contribution < 1.29 is 4.79 Å². The molecule has 0 atom stereocenters. The normalized spacial score (nSPS) is 23.6. The van der Waals surface area contributed by atoms with E-state index in [1.54, 1.807) is 0 Å². The van der Waals surface area contributed by atoms with Gasteiger partial charge in [0.25, 0.3) is 0 Å². The minimum Gasteiger partial charge on any atom is -0.305 e. The van der Waals surface area contributed by atoms with Crippen LogP contribution < -0.4 is 5.32 Å². The van der Waals surface area contributed by atoms with Gasteiger partial charge in [-0.2, -0.15) is 0 Å². The Labute approximate surface area is 62.0 Å². The zero-order valence-corrected chi connectivity index (χ0v) is 6.74. The molecular weight excluding hydrogens is 126 g/mol. The Kier molecular flexibility index (Phi) is 2.09. The third-order valence-corrected chi connectivity index (χ3v) is 2.56. The van der Waals surface area contributed by atoms with Gasteiger partial charge < -0.3 is 5.32 Å². The molecule has 2 nitrogen and oxygen atoms in total. The minimum atomic E-state index is -0.153. The highest BCUT2D eigenvalue weighted by molar-refractivity contribution is 5.90. The molecule has 0 aliphatic carbocycles. The van der Waals surface area contributed by atoms with Gasteiger partial charge >= 0.3 is 0 Å². The predicted octanol–water partition coefficient (Wildman–Crippen LogP) is 1.11. The lowest BCUT2D eigenvalue weighted by Gasteiger charge is -2.23. The summed E-state index contributed by atoms with van der Waals surface area (Å²) in [6.45, 7) is 5.01. The fraction of sp³-hybridized carbons (Fsp3) is 0.875. The Balaban J connectivity index is 2.71. The first-order valence-corrected chi connectivity index (χ1v) is 4.03. The molecule has 1 saturated heterocycles. The van der Waals surface area contributed by atoms with Crippen LogP contribution in [0.3, 0.4) is 0 Å². The summed E-state index contributed by atoms with van der Waals surface area (Å²) in [4.78, 5) is 11.3. The van der Waals surface area contributed by atoms with Crippen LogP contribution in [0.4, 0.5) is 0 Å². The number of ketones is 1. The van der Waals surface area contributed by atoms with E-state index in [4.69, 9.17) is 0 Å². The summed E-state index contributed by atoms with van der Waals surface area (Å²) in [5.41, 5.74) is -0.153. The standard InChI is InChI=1S/C8H15NO/c1-3-8(4-2)7(10)5-6-9-8/h9H,3-6H2,1-2H3. The van der Waals surface area contributed by atoms with E-state index < -0.39 is 0 Å². The number of Topliss-reactive ketones (excluding diaryl/α,β-unsaturated/α-hetero) is 1. The van der Waals surface area contributed by atoms with E-state index >= 15 is 0 Å². The lowest BCUT2D eigenvalue weighted by molar-refractivity contribution is -0.122. The van der Waals surface area contributed by atoms with Crippen LogP contribution in [0, 0.1) is 0 Å². The number of nitrogens with one attached hydrogen (secondary N) is 1. The molecule has 10 heavy (non-hydrogen) atoms. The molecule has 0 amide bonds. The smallest absolute Gasteiger partial charge is 0.154 e. The van der Waals surface area contributed by atoms with Gasteiger partial charge in [-0.3, -0.25) is 4.79 Å². The Hall–Kier alpha value is -0.370. The van der Waals surface area contributed by atoms with Crippen molar-refractivity contribution in [3.8, 4) is 0 Å². The summed E-state index contributed by atoms with van der Waals surface area (Å²) in [5.74, 6) is 0.400. The summed E-state index contributed by atoms with van der Waals surface area (Å²) in [5, 5.41) is 3.27. The van der Waals surface area contributed by atoms with Crippen molar-refractivity contribution in [2.45, 2.75) is 38.6 Å². The second-order valence-corrected chi connectivity index (χ2v) is 2.89. The first-order valence-electron chi connectivity index (χ1n) is 4.03. The summed E-state index contributed by atoms with van der Waals surface area (Å²) < 4.78 is 0. The molecule has 0 aromatic heterocycles. The summed E-state index contributed by atoms with van der Waals surface area (Å²) >= 11 is 0. The molecule has 1 fully saturated rings. The molecular formula is C8H15NO. The van der Waals surface area contributed by atoms with Gasteiger partial charge in [0.05, 0.1) is 5.54 Å². The van der Waals surface area contributed by atoms with Crippen molar-refractivity contribution in [3.63, 3.8) is 0 Å². The minimum absolute atomic E-state index is 0.153. The Morgan fingerprint density at radius 2 is 2.10 bits per heavy atom. The maximum absolute atomic E-state index is 11.3. The number of carbonyl (C=O) groups excluding carboxylic acids is 1. The van der Waals surface area contributed by atoms with Crippen molar-refractivity contribution in [2.75, 3.05) is 6.54 Å². The van der Waals surface area contributed by atoms with E-state index in [9.17, 15) is 4.79 Å². The van der Waals surface area contributed by atoms with Crippen LogP contribution in [0.25, 0.3) is 0 Å². The zero-order valence-electron chi connectivity index (χ0n) is 6.74. The van der Waals surface area contributed by atoms with Crippen LogP contribution >= 0.6 is 0 Å². The maximum atomic E-state index is 11.3. The predicted molar refractivity (Wildman–Crippen MR) is 40.9 cm³/mol. The highest BCUT2D eigenvalue weighted by atomic mass is 16.1. The van der Waals surface area contributed by atoms with Crippen molar-refractivity contribution in [1.82, 2.24) is 5.32 Å². The van der Waals surface area contributed by atoms with Gasteiger partial charge in [-0.25, -0.2) is 0 Å². The molecule has 2 heteroatoms. The molecule has 0 aromatic carbocycles. The fourth-order valence-corrected chi connectivity index (χ4v) is 1.65. The van der Waals surface area contributed by atoms with Gasteiger partial charge in [0, 0.05) is 13.0 Å². The zero-order chi connectivity index (χ0) is 7.61. The first kappa shape index (κ1) is 7.73. The maximum Gasteiger partial charge on any atom is 0.154 e. The fourth-order valence-electron chi connectivity index (χ4n) is 1.65. The molecule has 1 aliphatic rings. The van der Waals surface area contributed by atoms with Crippen molar-refractivity contribution >= 4 is 5.78 Å². The van der Waals surface area contributed by atoms with Crippen LogP contribution in [0.5, 0.6) is 0 Å². The highest BCUT2D eigenvalue weighted by Crippen LogP contribution is 2.22. The molecule has 1 N–H and O–H groups in total. The average molecular weight is 141 g/mol. The van der Waals surface area contributed by atoms with E-state index in [0.717, 1.165) is 25.8 Å². The van der Waals surface area contributed by atoms with Gasteiger partial charge in [-0.15, -0.1) is 0 Å². The van der Waals surface area contributed by atoms with Crippen LogP contribution in [-0.4, -0.2) is 17.9 Å². The summed E-state index contributed by atoms with van der Waals surface area (Å²) in [7, 11) is 0. The third kappa shape index (κ3) is 0.966. The molecule has 1 heterocycles. The molecule has 0 aromatic rings. The number of hydrogen-bond donors (Lipinski definition) is 1. The molecule has 0 spiro atoms. The van der Waals surface area contributed by atoms with E-state index in [-0.39, 0.29) is 5.54 Å². The van der Waals surface area contributed by atoms with E-state index in [0.29, 0.717) is 5.78 Å². The second kappa shape index (κ2) is 2.70. The van der Waals surface area contributed by atoms with Crippen LogP contribution in [-0.2, 0) is 4.79 Å². The molecule has 0 saturated carbocycles. The molecule has 0 unspecified atom stereocenters. The highest BCUT2D eigenvalue weighted by Gasteiger charge is 2.37. The number of carbonyl (C=O) groups is 1. The largest absolute Gasteiger partial charge is 0.305 e. The van der Waals surface area contributed by atoms with E-state index in [1.165, 1.54) is 0 Å². The van der Waals surface area contributed by atoms with Gasteiger partial charge in [0.15, 0.2) is 5.78 Å². The van der Waals surface area contributed by atoms with Crippen molar-refractivity contribution in [2.24, 2.45) is 0 Å². The molecule has 0 radical (unpaired) electrons. The second-order valence-electron chi connectivity index (χ2n) is 2.89. The van der Waals surface area contributed by atoms with Gasteiger partial charge in [-0.1, -0.05) is 13.8 Å². The third-order valence-electron chi connectivity index (χ3n) is 2.56. The van der Waals surface area contributed by atoms with Crippen LogP contribution in [0.1, 0.15) is 33.1 Å². The van der Waals surface area contributed by atoms with Gasteiger partial charge in [0.1, 0.15) is 0 Å². The van der Waals surface area contributed by atoms with E-state index in [2.05, 4.69) is 19.2 Å².